The van der Waals surface area contributed by atoms with Gasteiger partial charge in [0.2, 0.25) is 0 Å². The average molecular weight is 469 g/mol. The molecule has 0 amide bonds. The van der Waals surface area contributed by atoms with Crippen LogP contribution in [-0.2, 0) is 25.2 Å². The van der Waals surface area contributed by atoms with E-state index in [-0.39, 0.29) is 16.9 Å². The summed E-state index contributed by atoms with van der Waals surface area (Å²) in [6, 6.07) is 4.57. The first-order valence-corrected chi connectivity index (χ1v) is 10.7. The Labute approximate surface area is 187 Å². The summed E-state index contributed by atoms with van der Waals surface area (Å²) < 4.78 is 50.0. The van der Waals surface area contributed by atoms with Crippen molar-refractivity contribution < 1.29 is 32.2 Å². The molecule has 7 nitrogen and oxygen atoms in total. The quantitative estimate of drug-likeness (QED) is 0.667. The number of nitrogens with zero attached hydrogens (tertiary/aromatic N) is 2. The van der Waals surface area contributed by atoms with Gasteiger partial charge in [0.1, 0.15) is 5.92 Å². The van der Waals surface area contributed by atoms with Crippen LogP contribution in [0.1, 0.15) is 24.0 Å². The number of alkyl halides is 3. The van der Waals surface area contributed by atoms with Gasteiger partial charge in [-0.25, -0.2) is 4.79 Å². The van der Waals surface area contributed by atoms with E-state index in [2.05, 4.69) is 15.3 Å². The predicted molar refractivity (Wildman–Crippen MR) is 115 cm³/mol. The van der Waals surface area contributed by atoms with Crippen LogP contribution in [0.15, 0.2) is 45.5 Å². The summed E-state index contributed by atoms with van der Waals surface area (Å²) in [6.45, 7) is 2.92. The molecule has 2 unspecified atom stereocenters. The number of thioether (sulfide) groups is 1. The lowest BCUT2D eigenvalue weighted by atomic mass is 9.75. The molecule has 2 heterocycles. The Kier molecular flexibility index (Phi) is 7.27. The zero-order valence-electron chi connectivity index (χ0n) is 17.7. The molecule has 1 aromatic rings. The third kappa shape index (κ3) is 4.98. The Morgan fingerprint density at radius 2 is 2.00 bits per heavy atom. The van der Waals surface area contributed by atoms with E-state index in [1.54, 1.807) is 6.92 Å². The van der Waals surface area contributed by atoms with Gasteiger partial charge < -0.3 is 14.8 Å². The fraction of sp³-hybridized carbons (Fsp3) is 0.429. The SMILES string of the molecule is COC(=O)C1=C(CSC2=NCCN2)N=C(C)C(C(=O)OC)C1c1cccc(C(F)(F)F)c1. The van der Waals surface area contributed by atoms with Gasteiger partial charge in [0, 0.05) is 23.9 Å². The Morgan fingerprint density at radius 1 is 1.25 bits per heavy atom. The Hall–Kier alpha value is -2.82. The number of benzene rings is 1. The lowest BCUT2D eigenvalue weighted by molar-refractivity contribution is -0.143. The Balaban J connectivity index is 2.15. The number of carbonyl (C=O) groups is 2. The highest BCUT2D eigenvalue weighted by Gasteiger charge is 2.43. The van der Waals surface area contributed by atoms with Crippen molar-refractivity contribution >= 4 is 34.6 Å². The largest absolute Gasteiger partial charge is 0.468 e. The number of aliphatic imine (C=N–C) groups is 2. The molecule has 1 N–H and O–H groups in total. The van der Waals surface area contributed by atoms with Crippen LogP contribution in [0.25, 0.3) is 0 Å². The van der Waals surface area contributed by atoms with Crippen LogP contribution in [0, 0.1) is 5.92 Å². The molecule has 11 heteroatoms. The number of amidine groups is 1. The number of ether oxygens (including phenoxy) is 2. The highest BCUT2D eigenvalue weighted by molar-refractivity contribution is 8.14. The second kappa shape index (κ2) is 9.76. The molecule has 0 spiro atoms. The van der Waals surface area contributed by atoms with Gasteiger partial charge in [0.15, 0.2) is 5.17 Å². The molecular formula is C21H22F3N3O4S. The van der Waals surface area contributed by atoms with Gasteiger partial charge in [-0.3, -0.25) is 14.8 Å². The van der Waals surface area contributed by atoms with Crippen LogP contribution >= 0.6 is 11.8 Å². The number of methoxy groups -OCH3 is 2. The fourth-order valence-corrected chi connectivity index (χ4v) is 4.59. The van der Waals surface area contributed by atoms with Crippen LogP contribution < -0.4 is 5.32 Å². The molecule has 0 radical (unpaired) electrons. The molecule has 1 aromatic carbocycles. The highest BCUT2D eigenvalue weighted by Crippen LogP contribution is 2.42. The number of hydrogen-bond donors (Lipinski definition) is 1. The third-order valence-electron chi connectivity index (χ3n) is 5.14. The van der Waals surface area contributed by atoms with Gasteiger partial charge in [0.05, 0.1) is 37.6 Å². The Morgan fingerprint density at radius 3 is 2.59 bits per heavy atom. The number of rotatable bonds is 5. The number of hydrogen-bond acceptors (Lipinski definition) is 8. The topological polar surface area (TPSA) is 89.4 Å². The second-order valence-corrected chi connectivity index (χ2v) is 8.07. The van der Waals surface area contributed by atoms with Gasteiger partial charge in [-0.1, -0.05) is 30.0 Å². The van der Waals surface area contributed by atoms with E-state index in [0.717, 1.165) is 12.1 Å². The first-order valence-electron chi connectivity index (χ1n) is 9.70. The van der Waals surface area contributed by atoms with Crippen molar-refractivity contribution in [3.8, 4) is 0 Å². The van der Waals surface area contributed by atoms with Crippen molar-refractivity contribution in [1.82, 2.24) is 5.32 Å². The van der Waals surface area contributed by atoms with Crippen molar-refractivity contribution in [1.29, 1.82) is 0 Å². The second-order valence-electron chi connectivity index (χ2n) is 7.11. The normalized spacial score (nSPS) is 20.9. The maximum absolute atomic E-state index is 13.4. The summed E-state index contributed by atoms with van der Waals surface area (Å²) in [6.07, 6.45) is -4.59. The minimum absolute atomic E-state index is 0.0268. The first-order chi connectivity index (χ1) is 15.2. The first kappa shape index (κ1) is 23.8. The predicted octanol–water partition coefficient (Wildman–Crippen LogP) is 3.17. The summed E-state index contributed by atoms with van der Waals surface area (Å²) in [4.78, 5) is 34.2. The Bertz CT molecular complexity index is 1000. The lowest BCUT2D eigenvalue weighted by Gasteiger charge is -2.32. The minimum Gasteiger partial charge on any atom is -0.468 e. The number of esters is 2. The zero-order chi connectivity index (χ0) is 23.5. The molecule has 0 fully saturated rings. The average Bonchev–Trinajstić information content (AvgIpc) is 3.29. The maximum atomic E-state index is 13.4. The van der Waals surface area contributed by atoms with E-state index in [0.29, 0.717) is 29.7 Å². The molecule has 0 saturated carbocycles. The molecule has 0 saturated heterocycles. The number of carbonyl (C=O) groups excluding carboxylic acids is 2. The van der Waals surface area contributed by atoms with Crippen molar-refractivity contribution in [2.24, 2.45) is 15.9 Å². The summed E-state index contributed by atoms with van der Waals surface area (Å²) in [5.74, 6) is -3.38. The molecule has 0 aliphatic carbocycles. The van der Waals surface area contributed by atoms with E-state index >= 15 is 0 Å². The van der Waals surface area contributed by atoms with E-state index in [1.807, 2.05) is 0 Å². The van der Waals surface area contributed by atoms with Gasteiger partial charge >= 0.3 is 18.1 Å². The molecule has 0 bridgehead atoms. The van der Waals surface area contributed by atoms with Crippen LogP contribution in [0.3, 0.4) is 0 Å². The summed E-state index contributed by atoms with van der Waals surface area (Å²) in [5, 5.41) is 3.78. The highest BCUT2D eigenvalue weighted by atomic mass is 32.2. The molecule has 2 aliphatic rings. The standard InChI is InChI=1S/C21H22F3N3O4S/c1-11-15(18(28)30-2)16(12-5-4-6-13(9-12)21(22,23)24)17(19(29)31-3)14(27-11)10-32-20-25-7-8-26-20/h4-6,9,15-16H,7-8,10H2,1-3H3,(H,25,26). The van der Waals surface area contributed by atoms with Crippen LogP contribution in [0.5, 0.6) is 0 Å². The number of nitrogens with one attached hydrogen (secondary N) is 1. The van der Waals surface area contributed by atoms with Crippen molar-refractivity contribution in [3.05, 3.63) is 46.7 Å². The van der Waals surface area contributed by atoms with Crippen LogP contribution in [0.2, 0.25) is 0 Å². The zero-order valence-corrected chi connectivity index (χ0v) is 18.5. The molecule has 172 valence electrons. The summed E-state index contributed by atoms with van der Waals surface area (Å²) >= 11 is 1.31. The van der Waals surface area contributed by atoms with Crippen molar-refractivity contribution in [2.45, 2.75) is 19.0 Å². The molecular weight excluding hydrogens is 447 g/mol. The molecule has 3 rings (SSSR count). The van der Waals surface area contributed by atoms with Crippen molar-refractivity contribution in [2.75, 3.05) is 33.1 Å². The fourth-order valence-electron chi connectivity index (χ4n) is 3.71. The van der Waals surface area contributed by atoms with E-state index < -0.39 is 35.5 Å². The van der Waals surface area contributed by atoms with Crippen LogP contribution in [-0.4, -0.2) is 55.9 Å². The van der Waals surface area contributed by atoms with Crippen LogP contribution in [0.4, 0.5) is 13.2 Å². The maximum Gasteiger partial charge on any atom is 0.416 e. The van der Waals surface area contributed by atoms with E-state index in [4.69, 9.17) is 9.47 Å². The summed E-state index contributed by atoms with van der Waals surface area (Å²) in [7, 11) is 2.35. The van der Waals surface area contributed by atoms with Gasteiger partial charge in [-0.15, -0.1) is 0 Å². The molecule has 2 atom stereocenters. The molecule has 0 aromatic heterocycles. The minimum atomic E-state index is -4.59. The van der Waals surface area contributed by atoms with Gasteiger partial charge in [-0.2, -0.15) is 13.2 Å². The van der Waals surface area contributed by atoms with E-state index in [1.165, 1.54) is 38.1 Å². The smallest absolute Gasteiger partial charge is 0.416 e. The van der Waals surface area contributed by atoms with Gasteiger partial charge in [0.25, 0.3) is 0 Å². The lowest BCUT2D eigenvalue weighted by Crippen LogP contribution is -2.36. The number of halogens is 3. The summed E-state index contributed by atoms with van der Waals surface area (Å²) in [5.41, 5.74) is -0.0618. The third-order valence-corrected chi connectivity index (χ3v) is 6.10. The molecule has 32 heavy (non-hydrogen) atoms. The van der Waals surface area contributed by atoms with Gasteiger partial charge in [-0.05, 0) is 18.6 Å². The monoisotopic (exact) mass is 469 g/mol. The molecule has 2 aliphatic heterocycles. The van der Waals surface area contributed by atoms with E-state index in [9.17, 15) is 22.8 Å². The van der Waals surface area contributed by atoms with Crippen molar-refractivity contribution in [3.63, 3.8) is 0 Å².